The molecular formula is C8H15NO4S. The highest BCUT2D eigenvalue weighted by Gasteiger charge is 2.34. The van der Waals surface area contributed by atoms with Gasteiger partial charge in [-0.1, -0.05) is 0 Å². The third-order valence-corrected chi connectivity index (χ3v) is 4.55. The largest absolute Gasteiger partial charge is 0.480 e. The number of sulfonamides is 1. The standard InChI is InChI=1S/C8H15NO4S/c1-6(8(10)11)14(12,13)9(2)5-7-3-4-7/h6-7H,3-5H2,1-2H3,(H,10,11). The van der Waals surface area contributed by atoms with Crippen LogP contribution in [0.15, 0.2) is 0 Å². The number of carbonyl (C=O) groups is 1. The van der Waals surface area contributed by atoms with E-state index < -0.39 is 21.2 Å². The van der Waals surface area contributed by atoms with Crippen LogP contribution in [0.4, 0.5) is 0 Å². The number of carboxylic acid groups (broad SMARTS) is 1. The van der Waals surface area contributed by atoms with E-state index in [-0.39, 0.29) is 0 Å². The van der Waals surface area contributed by atoms with E-state index in [2.05, 4.69) is 0 Å². The molecule has 1 N–H and O–H groups in total. The molecule has 0 bridgehead atoms. The summed E-state index contributed by atoms with van der Waals surface area (Å²) in [5.74, 6) is -0.872. The summed E-state index contributed by atoms with van der Waals surface area (Å²) in [7, 11) is -2.22. The maximum Gasteiger partial charge on any atom is 0.323 e. The molecule has 0 radical (unpaired) electrons. The van der Waals surface area contributed by atoms with Crippen molar-refractivity contribution >= 4 is 16.0 Å². The average Bonchev–Trinajstić information content (AvgIpc) is 2.86. The smallest absolute Gasteiger partial charge is 0.323 e. The van der Waals surface area contributed by atoms with Gasteiger partial charge in [-0.2, -0.15) is 0 Å². The van der Waals surface area contributed by atoms with Crippen molar-refractivity contribution in [3.05, 3.63) is 0 Å². The molecular weight excluding hydrogens is 206 g/mol. The summed E-state index contributed by atoms with van der Waals surface area (Å²) in [5.41, 5.74) is 0. The second kappa shape index (κ2) is 3.86. The van der Waals surface area contributed by atoms with E-state index in [4.69, 9.17) is 5.11 Å². The monoisotopic (exact) mass is 221 g/mol. The molecule has 0 aromatic rings. The van der Waals surface area contributed by atoms with Crippen molar-refractivity contribution in [3.63, 3.8) is 0 Å². The Morgan fingerprint density at radius 3 is 2.43 bits per heavy atom. The fourth-order valence-corrected chi connectivity index (χ4v) is 2.38. The molecule has 1 aliphatic rings. The third-order valence-electron chi connectivity index (χ3n) is 2.44. The zero-order valence-electron chi connectivity index (χ0n) is 8.30. The lowest BCUT2D eigenvalue weighted by atomic mass is 10.4. The zero-order chi connectivity index (χ0) is 10.9. The van der Waals surface area contributed by atoms with Crippen molar-refractivity contribution in [1.29, 1.82) is 0 Å². The second-order valence-corrected chi connectivity index (χ2v) is 6.11. The Labute approximate surface area is 83.8 Å². The first kappa shape index (κ1) is 11.5. The Morgan fingerprint density at radius 2 is 2.07 bits per heavy atom. The van der Waals surface area contributed by atoms with E-state index in [0.29, 0.717) is 12.5 Å². The summed E-state index contributed by atoms with van der Waals surface area (Å²) in [6.45, 7) is 1.64. The summed E-state index contributed by atoms with van der Waals surface area (Å²) in [5, 5.41) is 7.26. The van der Waals surface area contributed by atoms with Gasteiger partial charge in [0.1, 0.15) is 0 Å². The Kier molecular flexibility index (Phi) is 3.16. The maximum absolute atomic E-state index is 11.6. The molecule has 1 fully saturated rings. The molecule has 1 saturated carbocycles. The van der Waals surface area contributed by atoms with E-state index >= 15 is 0 Å². The van der Waals surface area contributed by atoms with Gasteiger partial charge in [0.15, 0.2) is 5.25 Å². The lowest BCUT2D eigenvalue weighted by Crippen LogP contribution is -2.39. The van der Waals surface area contributed by atoms with Gasteiger partial charge in [0.2, 0.25) is 10.0 Å². The zero-order valence-corrected chi connectivity index (χ0v) is 9.12. The Balaban J connectivity index is 2.66. The van der Waals surface area contributed by atoms with Crippen molar-refractivity contribution in [3.8, 4) is 0 Å². The van der Waals surface area contributed by atoms with Crippen molar-refractivity contribution in [2.45, 2.75) is 25.0 Å². The third kappa shape index (κ3) is 2.45. The number of hydrogen-bond donors (Lipinski definition) is 1. The van der Waals surface area contributed by atoms with Crippen LogP contribution in [0.5, 0.6) is 0 Å². The molecule has 0 spiro atoms. The molecule has 0 aliphatic heterocycles. The first-order chi connectivity index (χ1) is 6.35. The molecule has 0 heterocycles. The van der Waals surface area contributed by atoms with E-state index in [9.17, 15) is 13.2 Å². The summed E-state index contributed by atoms with van der Waals surface area (Å²) in [4.78, 5) is 10.5. The number of hydrogen-bond acceptors (Lipinski definition) is 3. The van der Waals surface area contributed by atoms with Crippen LogP contribution in [0.1, 0.15) is 19.8 Å². The van der Waals surface area contributed by atoms with Crippen molar-refractivity contribution in [2.75, 3.05) is 13.6 Å². The van der Waals surface area contributed by atoms with E-state index in [0.717, 1.165) is 17.1 Å². The van der Waals surface area contributed by atoms with Gasteiger partial charge in [0, 0.05) is 13.6 Å². The quantitative estimate of drug-likeness (QED) is 0.716. The molecule has 1 unspecified atom stereocenters. The highest BCUT2D eigenvalue weighted by molar-refractivity contribution is 7.90. The van der Waals surface area contributed by atoms with Gasteiger partial charge in [-0.25, -0.2) is 12.7 Å². The van der Waals surface area contributed by atoms with Gasteiger partial charge in [-0.3, -0.25) is 4.79 Å². The van der Waals surface area contributed by atoms with Crippen LogP contribution in [0.2, 0.25) is 0 Å². The first-order valence-electron chi connectivity index (χ1n) is 4.53. The first-order valence-corrected chi connectivity index (χ1v) is 6.04. The molecule has 82 valence electrons. The summed E-state index contributed by atoms with van der Waals surface area (Å²) in [6, 6.07) is 0. The molecule has 1 atom stereocenters. The molecule has 5 nitrogen and oxygen atoms in total. The van der Waals surface area contributed by atoms with E-state index in [1.807, 2.05) is 0 Å². The van der Waals surface area contributed by atoms with Crippen LogP contribution in [0.25, 0.3) is 0 Å². The molecule has 0 aromatic heterocycles. The number of aliphatic carboxylic acids is 1. The van der Waals surface area contributed by atoms with Crippen LogP contribution in [0, 0.1) is 5.92 Å². The number of nitrogens with zero attached hydrogens (tertiary/aromatic N) is 1. The Morgan fingerprint density at radius 1 is 1.57 bits per heavy atom. The summed E-state index contributed by atoms with van der Waals surface area (Å²) >= 11 is 0. The van der Waals surface area contributed by atoms with Crippen LogP contribution in [0.3, 0.4) is 0 Å². The summed E-state index contributed by atoms with van der Waals surface area (Å²) in [6.07, 6.45) is 2.09. The molecule has 1 rings (SSSR count). The van der Waals surface area contributed by atoms with Crippen LogP contribution in [-0.2, 0) is 14.8 Å². The van der Waals surface area contributed by atoms with Crippen molar-refractivity contribution in [1.82, 2.24) is 4.31 Å². The fraction of sp³-hybridized carbons (Fsp3) is 0.875. The molecule has 0 aromatic carbocycles. The predicted octanol–water partition coefficient (Wildman–Crippen LogP) is 0.131. The second-order valence-electron chi connectivity index (χ2n) is 3.75. The van der Waals surface area contributed by atoms with Gasteiger partial charge in [0.25, 0.3) is 0 Å². The minimum Gasteiger partial charge on any atom is -0.480 e. The average molecular weight is 221 g/mol. The topological polar surface area (TPSA) is 74.7 Å². The maximum atomic E-state index is 11.6. The SMILES string of the molecule is CC(C(=O)O)S(=O)(=O)N(C)CC1CC1. The van der Waals surface area contributed by atoms with Crippen LogP contribution < -0.4 is 0 Å². The van der Waals surface area contributed by atoms with Crippen molar-refractivity contribution in [2.24, 2.45) is 5.92 Å². The van der Waals surface area contributed by atoms with Gasteiger partial charge in [0.05, 0.1) is 0 Å². The van der Waals surface area contributed by atoms with Crippen LogP contribution in [-0.4, -0.2) is 42.6 Å². The molecule has 0 amide bonds. The van der Waals surface area contributed by atoms with E-state index in [1.54, 1.807) is 0 Å². The summed E-state index contributed by atoms with van der Waals surface area (Å²) < 4.78 is 24.3. The molecule has 1 aliphatic carbocycles. The lowest BCUT2D eigenvalue weighted by Gasteiger charge is -2.19. The number of rotatable bonds is 5. The molecule has 0 saturated heterocycles. The fourth-order valence-electron chi connectivity index (χ4n) is 1.17. The number of carboxylic acids is 1. The molecule has 14 heavy (non-hydrogen) atoms. The Hall–Kier alpha value is -0.620. The Bertz CT molecular complexity index is 320. The van der Waals surface area contributed by atoms with Crippen LogP contribution >= 0.6 is 0 Å². The highest BCUT2D eigenvalue weighted by atomic mass is 32.2. The minimum atomic E-state index is -3.66. The molecule has 6 heteroatoms. The van der Waals surface area contributed by atoms with Gasteiger partial charge in [-0.15, -0.1) is 0 Å². The van der Waals surface area contributed by atoms with Gasteiger partial charge >= 0.3 is 5.97 Å². The lowest BCUT2D eigenvalue weighted by molar-refractivity contribution is -0.136. The van der Waals surface area contributed by atoms with Gasteiger partial charge < -0.3 is 5.11 Å². The van der Waals surface area contributed by atoms with E-state index in [1.165, 1.54) is 14.0 Å². The minimum absolute atomic E-state index is 0.427. The predicted molar refractivity (Wildman–Crippen MR) is 51.4 cm³/mol. The van der Waals surface area contributed by atoms with Gasteiger partial charge in [-0.05, 0) is 25.7 Å². The van der Waals surface area contributed by atoms with Crippen molar-refractivity contribution < 1.29 is 18.3 Å². The normalized spacial score (nSPS) is 19.6. The highest BCUT2D eigenvalue weighted by Crippen LogP contribution is 2.30.